The molecule has 6 heteroatoms. The van der Waals surface area contributed by atoms with Crippen molar-refractivity contribution in [3.63, 3.8) is 0 Å². The first-order chi connectivity index (χ1) is 11.1. The Bertz CT molecular complexity index is 525. The Morgan fingerprint density at radius 1 is 1.43 bits per heavy atom. The van der Waals surface area contributed by atoms with Crippen molar-refractivity contribution in [1.82, 2.24) is 10.2 Å². The van der Waals surface area contributed by atoms with Crippen LogP contribution >= 0.6 is 11.6 Å². The van der Waals surface area contributed by atoms with Crippen molar-refractivity contribution in [1.29, 1.82) is 0 Å². The maximum absolute atomic E-state index is 11.9. The van der Waals surface area contributed by atoms with Crippen LogP contribution in [0.3, 0.4) is 0 Å². The molecule has 128 valence electrons. The zero-order valence-electron chi connectivity index (χ0n) is 13.6. The van der Waals surface area contributed by atoms with E-state index >= 15 is 0 Å². The van der Waals surface area contributed by atoms with Gasteiger partial charge in [-0.25, -0.2) is 4.79 Å². The molecule has 2 rings (SSSR count). The minimum atomic E-state index is -0.190. The number of benzene rings is 1. The van der Waals surface area contributed by atoms with Crippen LogP contribution in [0.25, 0.3) is 0 Å². The van der Waals surface area contributed by atoms with Crippen molar-refractivity contribution in [2.24, 2.45) is 0 Å². The minimum Gasteiger partial charge on any atom is -0.395 e. The molecular weight excluding hydrogens is 314 g/mol. The summed E-state index contributed by atoms with van der Waals surface area (Å²) in [6.45, 7) is 4.88. The van der Waals surface area contributed by atoms with Gasteiger partial charge >= 0.3 is 6.03 Å². The summed E-state index contributed by atoms with van der Waals surface area (Å²) in [6, 6.07) is 5.53. The number of anilines is 1. The number of amides is 2. The number of aryl methyl sites for hydroxylation is 1. The standard InChI is InChI=1S/C17H26ClN3O2/c1-13-11-14(18)6-7-16(13)20-17(23)19-8-2-3-9-21-10-4-5-15(21)12-22/h6-7,11,15,22H,2-5,8-10,12H2,1H3,(H2,19,20,23). The van der Waals surface area contributed by atoms with E-state index in [1.165, 1.54) is 6.42 Å². The molecule has 3 N–H and O–H groups in total. The van der Waals surface area contributed by atoms with Crippen LogP contribution in [0.15, 0.2) is 18.2 Å². The van der Waals surface area contributed by atoms with Crippen LogP contribution in [0, 0.1) is 6.92 Å². The number of aliphatic hydroxyl groups is 1. The zero-order valence-corrected chi connectivity index (χ0v) is 14.4. The molecular formula is C17H26ClN3O2. The molecule has 0 spiro atoms. The zero-order chi connectivity index (χ0) is 16.7. The number of hydrogen-bond acceptors (Lipinski definition) is 3. The van der Waals surface area contributed by atoms with E-state index in [1.54, 1.807) is 12.1 Å². The van der Waals surface area contributed by atoms with Crippen LogP contribution in [0.5, 0.6) is 0 Å². The molecule has 1 unspecified atom stereocenters. The van der Waals surface area contributed by atoms with Gasteiger partial charge in [-0.3, -0.25) is 4.90 Å². The second-order valence-electron chi connectivity index (χ2n) is 6.06. The molecule has 23 heavy (non-hydrogen) atoms. The van der Waals surface area contributed by atoms with Crippen molar-refractivity contribution in [3.05, 3.63) is 28.8 Å². The first kappa shape index (κ1) is 18.0. The van der Waals surface area contributed by atoms with E-state index in [0.29, 0.717) is 17.6 Å². The van der Waals surface area contributed by atoms with Gasteiger partial charge in [0.1, 0.15) is 0 Å². The number of aliphatic hydroxyl groups excluding tert-OH is 1. The Kier molecular flexibility index (Phi) is 7.15. The molecule has 0 bridgehead atoms. The van der Waals surface area contributed by atoms with E-state index in [1.807, 2.05) is 13.0 Å². The highest BCUT2D eigenvalue weighted by Gasteiger charge is 2.22. The van der Waals surface area contributed by atoms with Gasteiger partial charge in [0, 0.05) is 23.3 Å². The van der Waals surface area contributed by atoms with Crippen LogP contribution < -0.4 is 10.6 Å². The molecule has 1 aliphatic heterocycles. The van der Waals surface area contributed by atoms with Crippen molar-refractivity contribution in [2.45, 2.75) is 38.6 Å². The highest BCUT2D eigenvalue weighted by Crippen LogP contribution is 2.19. The fraction of sp³-hybridized carbons (Fsp3) is 0.588. The lowest BCUT2D eigenvalue weighted by molar-refractivity contribution is 0.157. The number of carbonyl (C=O) groups excluding carboxylic acids is 1. The molecule has 2 amide bonds. The number of likely N-dealkylation sites (tertiary alicyclic amines) is 1. The fourth-order valence-electron chi connectivity index (χ4n) is 2.97. The van der Waals surface area contributed by atoms with Gasteiger partial charge < -0.3 is 15.7 Å². The van der Waals surface area contributed by atoms with Gasteiger partial charge in [0.15, 0.2) is 0 Å². The highest BCUT2D eigenvalue weighted by atomic mass is 35.5. The predicted molar refractivity (Wildman–Crippen MR) is 94.1 cm³/mol. The largest absolute Gasteiger partial charge is 0.395 e. The van der Waals surface area contributed by atoms with Crippen molar-refractivity contribution < 1.29 is 9.90 Å². The summed E-state index contributed by atoms with van der Waals surface area (Å²) >= 11 is 5.90. The van der Waals surface area contributed by atoms with Gasteiger partial charge in [-0.1, -0.05) is 11.6 Å². The van der Waals surface area contributed by atoms with E-state index in [2.05, 4.69) is 15.5 Å². The monoisotopic (exact) mass is 339 g/mol. The lowest BCUT2D eigenvalue weighted by Gasteiger charge is -2.22. The fourth-order valence-corrected chi connectivity index (χ4v) is 3.20. The molecule has 1 heterocycles. The molecule has 5 nitrogen and oxygen atoms in total. The van der Waals surface area contributed by atoms with Crippen LogP contribution in [0.2, 0.25) is 5.02 Å². The Balaban J connectivity index is 1.61. The SMILES string of the molecule is Cc1cc(Cl)ccc1NC(=O)NCCCCN1CCCC1CO. The van der Waals surface area contributed by atoms with Gasteiger partial charge in [-0.15, -0.1) is 0 Å². The topological polar surface area (TPSA) is 64.6 Å². The summed E-state index contributed by atoms with van der Waals surface area (Å²) in [4.78, 5) is 14.2. The van der Waals surface area contributed by atoms with Gasteiger partial charge in [0.25, 0.3) is 0 Å². The summed E-state index contributed by atoms with van der Waals surface area (Å²) < 4.78 is 0. The van der Waals surface area contributed by atoms with Crippen LogP contribution in [-0.4, -0.2) is 48.3 Å². The molecule has 1 atom stereocenters. The third-order valence-corrected chi connectivity index (χ3v) is 4.54. The van der Waals surface area contributed by atoms with E-state index in [0.717, 1.165) is 43.6 Å². The molecule has 1 aromatic rings. The first-order valence-electron chi connectivity index (χ1n) is 8.26. The van der Waals surface area contributed by atoms with E-state index in [9.17, 15) is 9.90 Å². The molecule has 0 saturated carbocycles. The maximum Gasteiger partial charge on any atom is 0.319 e. The molecule has 1 saturated heterocycles. The Morgan fingerprint density at radius 2 is 2.26 bits per heavy atom. The second-order valence-corrected chi connectivity index (χ2v) is 6.50. The summed E-state index contributed by atoms with van der Waals surface area (Å²) in [7, 11) is 0. The summed E-state index contributed by atoms with van der Waals surface area (Å²) in [6.07, 6.45) is 4.22. The quantitative estimate of drug-likeness (QED) is 0.669. The van der Waals surface area contributed by atoms with Crippen LogP contribution in [-0.2, 0) is 0 Å². The van der Waals surface area contributed by atoms with Crippen LogP contribution in [0.1, 0.15) is 31.2 Å². The predicted octanol–water partition coefficient (Wildman–Crippen LogP) is 3.01. The second kappa shape index (κ2) is 9.11. The lowest BCUT2D eigenvalue weighted by atomic mass is 10.2. The van der Waals surface area contributed by atoms with Gasteiger partial charge in [-0.2, -0.15) is 0 Å². The van der Waals surface area contributed by atoms with E-state index in [-0.39, 0.29) is 12.6 Å². The molecule has 1 aromatic carbocycles. The molecule has 0 aliphatic carbocycles. The number of rotatable bonds is 7. The van der Waals surface area contributed by atoms with Gasteiger partial charge in [-0.05, 0) is 69.5 Å². The van der Waals surface area contributed by atoms with E-state index < -0.39 is 0 Å². The Hall–Kier alpha value is -1.30. The minimum absolute atomic E-state index is 0.190. The molecule has 1 aliphatic rings. The third-order valence-electron chi connectivity index (χ3n) is 4.30. The van der Waals surface area contributed by atoms with E-state index in [4.69, 9.17) is 11.6 Å². The molecule has 0 aromatic heterocycles. The first-order valence-corrected chi connectivity index (χ1v) is 8.64. The Labute approximate surface area is 143 Å². The third kappa shape index (κ3) is 5.68. The normalized spacial score (nSPS) is 18.1. The number of nitrogens with one attached hydrogen (secondary N) is 2. The number of halogens is 1. The average Bonchev–Trinajstić information content (AvgIpc) is 2.97. The van der Waals surface area contributed by atoms with Crippen molar-refractivity contribution in [3.8, 4) is 0 Å². The molecule has 1 fully saturated rings. The summed E-state index contributed by atoms with van der Waals surface area (Å²) in [5.41, 5.74) is 1.71. The maximum atomic E-state index is 11.9. The van der Waals surface area contributed by atoms with Crippen LogP contribution in [0.4, 0.5) is 10.5 Å². The van der Waals surface area contributed by atoms with Gasteiger partial charge in [0.05, 0.1) is 6.61 Å². The highest BCUT2D eigenvalue weighted by molar-refractivity contribution is 6.30. The van der Waals surface area contributed by atoms with Crippen molar-refractivity contribution >= 4 is 23.3 Å². The number of hydrogen-bond donors (Lipinski definition) is 3. The van der Waals surface area contributed by atoms with Crippen molar-refractivity contribution in [2.75, 3.05) is 31.6 Å². The lowest BCUT2D eigenvalue weighted by Crippen LogP contribution is -2.34. The number of unbranched alkanes of at least 4 members (excludes halogenated alkanes) is 1. The smallest absolute Gasteiger partial charge is 0.319 e. The number of carbonyl (C=O) groups is 1. The molecule has 0 radical (unpaired) electrons. The average molecular weight is 340 g/mol. The summed E-state index contributed by atoms with van der Waals surface area (Å²) in [5.74, 6) is 0. The Morgan fingerprint density at radius 3 is 3.00 bits per heavy atom. The summed E-state index contributed by atoms with van der Waals surface area (Å²) in [5, 5.41) is 15.6. The number of nitrogens with zero attached hydrogens (tertiary/aromatic N) is 1. The number of urea groups is 1. The van der Waals surface area contributed by atoms with Gasteiger partial charge in [0.2, 0.25) is 0 Å².